The number of carbonyl (C=O) groups is 4. The minimum Gasteiger partial charge on any atom is -0.481 e. The van der Waals surface area contributed by atoms with Crippen LogP contribution in [0, 0.1) is 5.92 Å². The van der Waals surface area contributed by atoms with Gasteiger partial charge in [0.1, 0.15) is 6.04 Å². The number of alkyl halides is 3. The van der Waals surface area contributed by atoms with Gasteiger partial charge in [0, 0.05) is 25.2 Å². The lowest BCUT2D eigenvalue weighted by Crippen LogP contribution is -2.65. The average Bonchev–Trinajstić information content (AvgIpc) is 2.85. The summed E-state index contributed by atoms with van der Waals surface area (Å²) in [5.41, 5.74) is 5.12. The number of amides is 3. The Morgan fingerprint density at radius 2 is 1.85 bits per heavy atom. The number of rotatable bonds is 11. The van der Waals surface area contributed by atoms with Crippen molar-refractivity contribution in [1.82, 2.24) is 15.1 Å². The van der Waals surface area contributed by atoms with Crippen LogP contribution in [0.25, 0.3) is 0 Å². The molecule has 0 aliphatic carbocycles. The van der Waals surface area contributed by atoms with Gasteiger partial charge in [-0.3, -0.25) is 19.2 Å². The fourth-order valence-corrected chi connectivity index (χ4v) is 4.90. The summed E-state index contributed by atoms with van der Waals surface area (Å²) in [6, 6.07) is 4.37. The molecule has 1 saturated heterocycles. The summed E-state index contributed by atoms with van der Waals surface area (Å²) in [5, 5.41) is 21.8. The summed E-state index contributed by atoms with van der Waals surface area (Å²) in [7, 11) is 1.43. The fraction of sp³-hybridized carbons (Fsp3) is 0.600. The highest BCUT2D eigenvalue weighted by Crippen LogP contribution is 2.34. The lowest BCUT2D eigenvalue weighted by Gasteiger charge is -2.49. The number of carbonyl (C=O) groups excluding carboxylic acids is 3. The van der Waals surface area contributed by atoms with Gasteiger partial charge in [0.15, 0.2) is 0 Å². The molecule has 4 atom stereocenters. The Hall–Kier alpha value is -2.90. The third kappa shape index (κ3) is 9.07. The molecule has 5 N–H and O–H groups in total. The van der Waals surface area contributed by atoms with E-state index in [1.807, 2.05) is 0 Å². The number of hydrogen-bond acceptors (Lipinski definition) is 6. The van der Waals surface area contributed by atoms with E-state index in [0.717, 1.165) is 4.90 Å². The number of hydrogen-bond donors (Lipinski definition) is 4. The number of nitrogens with two attached hydrogens (primary N) is 1. The lowest BCUT2D eigenvalue weighted by atomic mass is 9.80. The first-order valence-electron chi connectivity index (χ1n) is 12.3. The van der Waals surface area contributed by atoms with Crippen LogP contribution in [0.2, 0.25) is 5.02 Å². The molecule has 10 nitrogen and oxygen atoms in total. The molecule has 1 fully saturated rings. The van der Waals surface area contributed by atoms with Crippen LogP contribution in [0.1, 0.15) is 38.2 Å². The van der Waals surface area contributed by atoms with Crippen molar-refractivity contribution in [3.63, 3.8) is 0 Å². The predicted octanol–water partition coefficient (Wildman–Crippen LogP) is 1.57. The molecule has 0 spiro atoms. The summed E-state index contributed by atoms with van der Waals surface area (Å²) in [6.45, 7) is 0.540. The Morgan fingerprint density at radius 1 is 1.23 bits per heavy atom. The largest absolute Gasteiger partial charge is 0.481 e. The average molecular weight is 579 g/mol. The Morgan fingerprint density at radius 3 is 2.36 bits per heavy atom. The number of piperidine rings is 1. The maximum Gasteiger partial charge on any atom is 0.389 e. The second-order valence-corrected chi connectivity index (χ2v) is 10.4. The zero-order valence-corrected chi connectivity index (χ0v) is 22.5. The van der Waals surface area contributed by atoms with Gasteiger partial charge in [0.05, 0.1) is 36.9 Å². The zero-order valence-electron chi connectivity index (χ0n) is 21.7. The molecule has 0 aromatic heterocycles. The number of aliphatic carboxylic acids is 1. The minimum atomic E-state index is -4.76. The SMILES string of the molecule is C[C@H](N)C(=O)N[C@@H](CO)C(=O)N(C)[C@@]1(Cc2ccc(Cl)cc2)CCCN(C(=O)[C@@H](CC(=O)O)CC(F)(F)F)C1. The van der Waals surface area contributed by atoms with Crippen LogP contribution in [-0.4, -0.2) is 94.2 Å². The second-order valence-electron chi connectivity index (χ2n) is 9.93. The van der Waals surface area contributed by atoms with Crippen molar-refractivity contribution in [1.29, 1.82) is 0 Å². The van der Waals surface area contributed by atoms with Crippen molar-refractivity contribution < 1.29 is 42.6 Å². The van der Waals surface area contributed by atoms with E-state index in [1.165, 1.54) is 18.9 Å². The van der Waals surface area contributed by atoms with Gasteiger partial charge in [-0.05, 0) is 43.9 Å². The molecule has 39 heavy (non-hydrogen) atoms. The molecule has 0 bridgehead atoms. The molecule has 2 rings (SSSR count). The van der Waals surface area contributed by atoms with E-state index in [4.69, 9.17) is 22.4 Å². The molecule has 1 heterocycles. The summed E-state index contributed by atoms with van der Waals surface area (Å²) in [5.74, 6) is -5.70. The number of likely N-dealkylation sites (N-methyl/N-ethyl adjacent to an activating group) is 1. The van der Waals surface area contributed by atoms with Crippen molar-refractivity contribution in [2.75, 3.05) is 26.7 Å². The first-order valence-corrected chi connectivity index (χ1v) is 12.7. The summed E-state index contributed by atoms with van der Waals surface area (Å²) < 4.78 is 39.6. The minimum absolute atomic E-state index is 0.0715. The van der Waals surface area contributed by atoms with Crippen molar-refractivity contribution in [3.05, 3.63) is 34.9 Å². The van der Waals surface area contributed by atoms with E-state index in [1.54, 1.807) is 24.3 Å². The normalized spacial score (nSPS) is 20.1. The van der Waals surface area contributed by atoms with Crippen LogP contribution in [0.5, 0.6) is 0 Å². The van der Waals surface area contributed by atoms with Crippen LogP contribution < -0.4 is 11.1 Å². The maximum absolute atomic E-state index is 13.5. The number of carboxylic acid groups (broad SMARTS) is 1. The fourth-order valence-electron chi connectivity index (χ4n) is 4.77. The zero-order chi connectivity index (χ0) is 29.5. The Kier molecular flexibility index (Phi) is 11.1. The first kappa shape index (κ1) is 32.3. The van der Waals surface area contributed by atoms with E-state index >= 15 is 0 Å². The molecule has 0 radical (unpaired) electrons. The van der Waals surface area contributed by atoms with Crippen LogP contribution in [0.4, 0.5) is 13.2 Å². The number of carboxylic acids is 1. The number of aliphatic hydroxyl groups is 1. The molecule has 3 amide bonds. The number of nitrogens with one attached hydrogen (secondary N) is 1. The Labute approximate surface area is 229 Å². The van der Waals surface area contributed by atoms with Crippen LogP contribution in [0.3, 0.4) is 0 Å². The number of likely N-dealkylation sites (tertiary alicyclic amines) is 1. The molecule has 1 aromatic rings. The van der Waals surface area contributed by atoms with Crippen molar-refractivity contribution >= 4 is 35.3 Å². The summed E-state index contributed by atoms with van der Waals surface area (Å²) in [6.07, 6.45) is -6.54. The molecule has 0 unspecified atom stereocenters. The molecular formula is C25H34ClF3N4O6. The van der Waals surface area contributed by atoms with Gasteiger partial charge >= 0.3 is 12.1 Å². The summed E-state index contributed by atoms with van der Waals surface area (Å²) in [4.78, 5) is 52.5. The van der Waals surface area contributed by atoms with Crippen LogP contribution in [-0.2, 0) is 25.6 Å². The summed E-state index contributed by atoms with van der Waals surface area (Å²) >= 11 is 5.99. The van der Waals surface area contributed by atoms with E-state index < -0.39 is 72.9 Å². The van der Waals surface area contributed by atoms with E-state index in [2.05, 4.69) is 5.32 Å². The third-order valence-corrected chi connectivity index (χ3v) is 7.07. The van der Waals surface area contributed by atoms with Gasteiger partial charge in [-0.2, -0.15) is 13.2 Å². The standard InChI is InChI=1S/C25H34ClF3N4O6/c1-15(30)21(37)31-19(13-34)23(39)32(2)24(11-16-4-6-18(26)7-5-16)8-3-9-33(14-24)22(38)17(10-20(35)36)12-25(27,28)29/h4-7,15,17,19,34H,3,8-14,30H2,1-2H3,(H,31,37)(H,35,36)/t15-,17-,19-,24+/m0/s1. The molecule has 1 aliphatic heterocycles. The van der Waals surface area contributed by atoms with Gasteiger partial charge < -0.3 is 31.1 Å². The Bertz CT molecular complexity index is 1040. The number of benzene rings is 1. The maximum atomic E-state index is 13.5. The Balaban J connectivity index is 2.45. The van der Waals surface area contributed by atoms with Gasteiger partial charge in [-0.25, -0.2) is 0 Å². The lowest BCUT2D eigenvalue weighted by molar-refractivity contribution is -0.166. The van der Waals surface area contributed by atoms with Gasteiger partial charge in [-0.1, -0.05) is 23.7 Å². The number of aliphatic hydroxyl groups excluding tert-OH is 1. The first-order chi connectivity index (χ1) is 18.1. The van der Waals surface area contributed by atoms with Crippen LogP contribution >= 0.6 is 11.6 Å². The quantitative estimate of drug-likeness (QED) is 0.311. The monoisotopic (exact) mass is 578 g/mol. The highest BCUT2D eigenvalue weighted by molar-refractivity contribution is 6.30. The number of nitrogens with zero attached hydrogens (tertiary/aromatic N) is 2. The van der Waals surface area contributed by atoms with Gasteiger partial charge in [-0.15, -0.1) is 0 Å². The molecule has 14 heteroatoms. The van der Waals surface area contributed by atoms with Crippen molar-refractivity contribution in [3.8, 4) is 0 Å². The van der Waals surface area contributed by atoms with Crippen molar-refractivity contribution in [2.24, 2.45) is 11.7 Å². The molecule has 218 valence electrons. The third-order valence-electron chi connectivity index (χ3n) is 6.81. The van der Waals surface area contributed by atoms with Gasteiger partial charge in [0.2, 0.25) is 17.7 Å². The van der Waals surface area contributed by atoms with E-state index in [0.29, 0.717) is 23.4 Å². The van der Waals surface area contributed by atoms with Crippen LogP contribution in [0.15, 0.2) is 24.3 Å². The molecule has 1 aromatic carbocycles. The highest BCUT2D eigenvalue weighted by Gasteiger charge is 2.46. The highest BCUT2D eigenvalue weighted by atomic mass is 35.5. The number of halogens is 4. The molecule has 1 aliphatic rings. The topological polar surface area (TPSA) is 153 Å². The smallest absolute Gasteiger partial charge is 0.389 e. The predicted molar refractivity (Wildman–Crippen MR) is 136 cm³/mol. The molecular weight excluding hydrogens is 545 g/mol. The van der Waals surface area contributed by atoms with E-state index in [9.17, 15) is 37.5 Å². The second kappa shape index (κ2) is 13.4. The van der Waals surface area contributed by atoms with Gasteiger partial charge in [0.25, 0.3) is 0 Å². The molecule has 0 saturated carbocycles. The van der Waals surface area contributed by atoms with Crippen molar-refractivity contribution in [2.45, 2.75) is 62.8 Å². The van der Waals surface area contributed by atoms with E-state index in [-0.39, 0.29) is 19.5 Å².